The zero-order valence-electron chi connectivity index (χ0n) is 21.4. The van der Waals surface area contributed by atoms with Crippen LogP contribution in [0.4, 0.5) is 18.9 Å². The van der Waals surface area contributed by atoms with Crippen LogP contribution in [0.25, 0.3) is 22.4 Å². The van der Waals surface area contributed by atoms with Crippen molar-refractivity contribution >= 4 is 46.0 Å². The first-order valence-electron chi connectivity index (χ1n) is 11.3. The topological polar surface area (TPSA) is 117 Å². The van der Waals surface area contributed by atoms with Crippen molar-refractivity contribution in [3.63, 3.8) is 0 Å². The second kappa shape index (κ2) is 11.2. The number of hydrogen-bond donors (Lipinski definition) is 1. The molecule has 0 atom stereocenters. The monoisotopic (exact) mass is 595 g/mol. The van der Waals surface area contributed by atoms with Gasteiger partial charge in [-0.25, -0.2) is 14.8 Å². The fraction of sp³-hybridized carbons (Fsp3) is 0.240. The number of benzene rings is 2. The summed E-state index contributed by atoms with van der Waals surface area (Å²) in [5.74, 6) is -0.0930. The standard InChI is InChI=1S/C25H21ClF3N5O5S/c1-33-21-19(23(36)34(2)24(33)37)22(32-20(31-21)12-5-8-16(38-3)17(9-12)39-4)40-11-18(35)30-15-10-13(25(27,28)29)6-7-14(15)26/h5-10H,11H2,1-4H3,(H,30,35). The van der Waals surface area contributed by atoms with Crippen LogP contribution in [0, 0.1) is 0 Å². The van der Waals surface area contributed by atoms with E-state index in [0.29, 0.717) is 17.1 Å². The molecule has 0 saturated carbocycles. The lowest BCUT2D eigenvalue weighted by Gasteiger charge is -2.14. The number of methoxy groups -OCH3 is 2. The van der Waals surface area contributed by atoms with E-state index in [-0.39, 0.29) is 38.3 Å². The number of hydrogen-bond acceptors (Lipinski definition) is 8. The lowest BCUT2D eigenvalue weighted by Crippen LogP contribution is -2.37. The molecule has 0 aliphatic heterocycles. The van der Waals surface area contributed by atoms with E-state index in [1.165, 1.54) is 32.9 Å². The summed E-state index contributed by atoms with van der Waals surface area (Å²) in [7, 11) is 5.66. The fourth-order valence-corrected chi connectivity index (χ4v) is 4.73. The number of aryl methyl sites for hydroxylation is 1. The maximum absolute atomic E-state index is 13.1. The Kier molecular flexibility index (Phi) is 8.12. The molecule has 15 heteroatoms. The number of halogens is 4. The van der Waals surface area contributed by atoms with Gasteiger partial charge in [-0.05, 0) is 36.4 Å². The highest BCUT2D eigenvalue weighted by Crippen LogP contribution is 2.35. The van der Waals surface area contributed by atoms with E-state index in [2.05, 4.69) is 15.3 Å². The number of rotatable bonds is 7. The Balaban J connectivity index is 1.75. The summed E-state index contributed by atoms with van der Waals surface area (Å²) >= 11 is 6.83. The number of ether oxygens (including phenoxy) is 2. The number of thioether (sulfide) groups is 1. The number of carbonyl (C=O) groups excluding carboxylic acids is 1. The molecule has 0 spiro atoms. The third-order valence-corrected chi connectivity index (χ3v) is 7.12. The Bertz CT molecular complexity index is 1760. The number of nitrogens with zero attached hydrogens (tertiary/aromatic N) is 4. The van der Waals surface area contributed by atoms with Crippen molar-refractivity contribution in [1.29, 1.82) is 0 Å². The summed E-state index contributed by atoms with van der Waals surface area (Å²) in [6.07, 6.45) is -4.63. The van der Waals surface area contributed by atoms with Crippen LogP contribution in [0.2, 0.25) is 5.02 Å². The number of anilines is 1. The molecule has 40 heavy (non-hydrogen) atoms. The smallest absolute Gasteiger partial charge is 0.416 e. The predicted octanol–water partition coefficient (Wildman–Crippen LogP) is 4.11. The molecule has 210 valence electrons. The highest BCUT2D eigenvalue weighted by molar-refractivity contribution is 8.00. The first-order chi connectivity index (χ1) is 18.8. The van der Waals surface area contributed by atoms with Gasteiger partial charge in [-0.3, -0.25) is 18.7 Å². The van der Waals surface area contributed by atoms with Crippen LogP contribution in [0.1, 0.15) is 5.56 Å². The van der Waals surface area contributed by atoms with Gasteiger partial charge in [-0.1, -0.05) is 23.4 Å². The van der Waals surface area contributed by atoms with Crippen molar-refractivity contribution in [3.8, 4) is 22.9 Å². The van der Waals surface area contributed by atoms with Crippen LogP contribution in [-0.4, -0.2) is 45.0 Å². The maximum Gasteiger partial charge on any atom is 0.416 e. The number of fused-ring (bicyclic) bond motifs is 1. The highest BCUT2D eigenvalue weighted by Gasteiger charge is 2.31. The fourth-order valence-electron chi connectivity index (χ4n) is 3.76. The lowest BCUT2D eigenvalue weighted by molar-refractivity contribution is -0.137. The molecule has 0 radical (unpaired) electrons. The summed E-state index contributed by atoms with van der Waals surface area (Å²) in [6, 6.07) is 7.45. The van der Waals surface area contributed by atoms with Crippen LogP contribution in [0.3, 0.4) is 0 Å². The molecular formula is C25H21ClF3N5O5S. The molecule has 1 amide bonds. The second-order valence-electron chi connectivity index (χ2n) is 8.36. The third kappa shape index (κ3) is 5.63. The van der Waals surface area contributed by atoms with Gasteiger partial charge < -0.3 is 14.8 Å². The highest BCUT2D eigenvalue weighted by atomic mass is 35.5. The summed E-state index contributed by atoms with van der Waals surface area (Å²) in [4.78, 5) is 47.3. The van der Waals surface area contributed by atoms with Crippen LogP contribution < -0.4 is 26.0 Å². The quantitative estimate of drug-likeness (QED) is 0.251. The molecule has 0 aliphatic rings. The molecule has 1 N–H and O–H groups in total. The Morgan fingerprint density at radius 1 is 1.02 bits per heavy atom. The number of carbonyl (C=O) groups is 1. The molecule has 4 rings (SSSR count). The van der Waals surface area contributed by atoms with Gasteiger partial charge in [0.15, 0.2) is 23.0 Å². The molecule has 4 aromatic rings. The van der Waals surface area contributed by atoms with Crippen LogP contribution in [-0.2, 0) is 25.1 Å². The van der Waals surface area contributed by atoms with E-state index in [4.69, 9.17) is 21.1 Å². The maximum atomic E-state index is 13.1. The van der Waals surface area contributed by atoms with E-state index in [1.807, 2.05) is 0 Å². The van der Waals surface area contributed by atoms with Crippen molar-refractivity contribution in [2.75, 3.05) is 25.3 Å². The van der Waals surface area contributed by atoms with Gasteiger partial charge in [0.1, 0.15) is 10.4 Å². The van der Waals surface area contributed by atoms with Gasteiger partial charge in [0.2, 0.25) is 5.91 Å². The first-order valence-corrected chi connectivity index (χ1v) is 12.7. The Hall–Kier alpha value is -4.04. The minimum Gasteiger partial charge on any atom is -0.493 e. The molecule has 0 bridgehead atoms. The zero-order valence-corrected chi connectivity index (χ0v) is 23.0. The Morgan fingerprint density at radius 2 is 1.73 bits per heavy atom. The molecule has 0 fully saturated rings. The van der Waals surface area contributed by atoms with E-state index < -0.39 is 28.9 Å². The largest absolute Gasteiger partial charge is 0.493 e. The van der Waals surface area contributed by atoms with E-state index >= 15 is 0 Å². The third-order valence-electron chi connectivity index (χ3n) is 5.82. The zero-order chi connectivity index (χ0) is 29.4. The average molecular weight is 596 g/mol. The number of alkyl halides is 3. The molecule has 0 saturated heterocycles. The van der Waals surface area contributed by atoms with E-state index in [0.717, 1.165) is 34.5 Å². The number of amides is 1. The van der Waals surface area contributed by atoms with Gasteiger partial charge in [0.05, 0.1) is 36.2 Å². The summed E-state index contributed by atoms with van der Waals surface area (Å²) in [5.41, 5.74) is -2.01. The van der Waals surface area contributed by atoms with Gasteiger partial charge in [0.25, 0.3) is 5.56 Å². The van der Waals surface area contributed by atoms with Crippen molar-refractivity contribution in [2.45, 2.75) is 11.2 Å². The first kappa shape index (κ1) is 29.0. The van der Waals surface area contributed by atoms with Gasteiger partial charge in [-0.2, -0.15) is 13.2 Å². The summed E-state index contributed by atoms with van der Waals surface area (Å²) in [6.45, 7) is 0. The van der Waals surface area contributed by atoms with Gasteiger partial charge in [0, 0.05) is 19.7 Å². The van der Waals surface area contributed by atoms with Crippen LogP contribution >= 0.6 is 23.4 Å². The second-order valence-corrected chi connectivity index (χ2v) is 9.73. The Labute approximate surface area is 233 Å². The summed E-state index contributed by atoms with van der Waals surface area (Å²) in [5, 5.41) is 2.34. The van der Waals surface area contributed by atoms with E-state index in [1.54, 1.807) is 18.2 Å². The normalized spacial score (nSPS) is 11.5. The lowest BCUT2D eigenvalue weighted by atomic mass is 10.2. The molecule has 0 unspecified atom stereocenters. The SMILES string of the molecule is COc1ccc(-c2nc(SCC(=O)Nc3cc(C(F)(F)F)ccc3Cl)c3c(=O)n(C)c(=O)n(C)c3n2)cc1OC. The molecule has 2 aromatic carbocycles. The van der Waals surface area contributed by atoms with Gasteiger partial charge >= 0.3 is 11.9 Å². The number of aromatic nitrogens is 4. The molecule has 2 aromatic heterocycles. The molecule has 0 aliphatic carbocycles. The van der Waals surface area contributed by atoms with Crippen molar-refractivity contribution in [3.05, 3.63) is 67.8 Å². The van der Waals surface area contributed by atoms with Crippen molar-refractivity contribution in [2.24, 2.45) is 14.1 Å². The van der Waals surface area contributed by atoms with Crippen molar-refractivity contribution < 1.29 is 27.4 Å². The number of nitrogens with one attached hydrogen (secondary N) is 1. The predicted molar refractivity (Wildman–Crippen MR) is 144 cm³/mol. The minimum absolute atomic E-state index is 0.0104. The Morgan fingerprint density at radius 3 is 2.38 bits per heavy atom. The van der Waals surface area contributed by atoms with Crippen molar-refractivity contribution in [1.82, 2.24) is 19.1 Å². The molecule has 2 heterocycles. The molecular weight excluding hydrogens is 575 g/mol. The van der Waals surface area contributed by atoms with Crippen LogP contribution in [0.5, 0.6) is 11.5 Å². The molecule has 10 nitrogen and oxygen atoms in total. The average Bonchev–Trinajstić information content (AvgIpc) is 2.93. The van der Waals surface area contributed by atoms with E-state index in [9.17, 15) is 27.6 Å². The summed E-state index contributed by atoms with van der Waals surface area (Å²) < 4.78 is 52.0. The van der Waals surface area contributed by atoms with Gasteiger partial charge in [-0.15, -0.1) is 0 Å². The van der Waals surface area contributed by atoms with Crippen LogP contribution in [0.15, 0.2) is 51.0 Å². The minimum atomic E-state index is -4.63.